The Bertz CT molecular complexity index is 789. The minimum Gasteiger partial charge on any atom is -0.263 e. The van der Waals surface area contributed by atoms with Crippen molar-refractivity contribution in [1.29, 1.82) is 0 Å². The van der Waals surface area contributed by atoms with Gasteiger partial charge in [-0.05, 0) is 46.8 Å². The summed E-state index contributed by atoms with van der Waals surface area (Å²) in [6, 6.07) is 5.46. The fraction of sp³-hybridized carbons (Fsp3) is 0.500. The highest BCUT2D eigenvalue weighted by molar-refractivity contribution is 7.89. The second-order valence-corrected chi connectivity index (χ2v) is 8.65. The molecule has 0 N–H and O–H groups in total. The van der Waals surface area contributed by atoms with Gasteiger partial charge < -0.3 is 0 Å². The highest BCUT2D eigenvalue weighted by Gasteiger charge is 2.31. The van der Waals surface area contributed by atoms with Crippen LogP contribution < -0.4 is 0 Å². The van der Waals surface area contributed by atoms with Crippen molar-refractivity contribution in [3.63, 3.8) is 0 Å². The normalized spacial score (nSPS) is 12.8. The molecule has 0 aliphatic heterocycles. The number of nitrogens with zero attached hydrogens (tertiary/aromatic N) is 4. The van der Waals surface area contributed by atoms with E-state index in [-0.39, 0.29) is 17.0 Å². The van der Waals surface area contributed by atoms with E-state index in [1.54, 1.807) is 37.8 Å². The average Bonchev–Trinajstić information content (AvgIpc) is 2.75. The molecule has 126 valence electrons. The van der Waals surface area contributed by atoms with Crippen LogP contribution >= 0.6 is 0 Å². The lowest BCUT2D eigenvalue weighted by molar-refractivity contribution is 0.345. The van der Waals surface area contributed by atoms with Crippen molar-refractivity contribution in [2.75, 3.05) is 7.05 Å². The minimum absolute atomic E-state index is 0.225. The second-order valence-electron chi connectivity index (χ2n) is 6.66. The van der Waals surface area contributed by atoms with Crippen molar-refractivity contribution in [2.24, 2.45) is 0 Å². The van der Waals surface area contributed by atoms with Gasteiger partial charge in [-0.2, -0.15) is 9.40 Å². The monoisotopic (exact) mass is 336 g/mol. The van der Waals surface area contributed by atoms with Gasteiger partial charge in [0.15, 0.2) is 0 Å². The van der Waals surface area contributed by atoms with Gasteiger partial charge in [-0.3, -0.25) is 9.67 Å². The van der Waals surface area contributed by atoms with Crippen LogP contribution in [0.15, 0.2) is 29.3 Å². The predicted octanol–water partition coefficient (Wildman–Crippen LogP) is 2.47. The highest BCUT2D eigenvalue weighted by atomic mass is 32.2. The highest BCUT2D eigenvalue weighted by Crippen LogP contribution is 2.27. The number of hydrogen-bond acceptors (Lipinski definition) is 4. The summed E-state index contributed by atoms with van der Waals surface area (Å²) >= 11 is 0. The Morgan fingerprint density at radius 2 is 1.87 bits per heavy atom. The summed E-state index contributed by atoms with van der Waals surface area (Å²) < 4.78 is 29.0. The van der Waals surface area contributed by atoms with E-state index in [2.05, 4.69) is 10.1 Å². The third kappa shape index (κ3) is 3.45. The maximum absolute atomic E-state index is 13.0. The Hall–Kier alpha value is -1.73. The van der Waals surface area contributed by atoms with Gasteiger partial charge in [0, 0.05) is 13.2 Å². The Morgan fingerprint density at radius 3 is 2.35 bits per heavy atom. The van der Waals surface area contributed by atoms with Crippen LogP contribution in [0.4, 0.5) is 0 Å². The average molecular weight is 336 g/mol. The van der Waals surface area contributed by atoms with Crippen LogP contribution in [0.1, 0.15) is 37.9 Å². The molecule has 0 spiro atoms. The second kappa shape index (κ2) is 6.05. The third-order valence-corrected chi connectivity index (χ3v) is 5.70. The van der Waals surface area contributed by atoms with Crippen LogP contribution in [0, 0.1) is 13.8 Å². The molecule has 0 aliphatic rings. The molecule has 2 aromatic heterocycles. The molecule has 0 saturated heterocycles. The van der Waals surface area contributed by atoms with E-state index >= 15 is 0 Å². The third-order valence-electron chi connectivity index (χ3n) is 3.64. The summed E-state index contributed by atoms with van der Waals surface area (Å²) in [6.45, 7) is 9.76. The number of sulfonamides is 1. The fourth-order valence-corrected chi connectivity index (χ4v) is 4.10. The van der Waals surface area contributed by atoms with E-state index in [1.807, 2.05) is 32.9 Å². The summed E-state index contributed by atoms with van der Waals surface area (Å²) in [5.41, 5.74) is 1.60. The Labute approximate surface area is 138 Å². The van der Waals surface area contributed by atoms with E-state index in [0.717, 1.165) is 0 Å². The number of pyridine rings is 1. The maximum atomic E-state index is 13.0. The van der Waals surface area contributed by atoms with E-state index in [0.29, 0.717) is 17.1 Å². The molecule has 2 aromatic rings. The first-order chi connectivity index (χ1) is 10.5. The van der Waals surface area contributed by atoms with E-state index in [4.69, 9.17) is 0 Å². The standard InChI is InChI=1S/C16H24N4O2S/c1-12-15(13(2)20(18-12)16(3,4)5)23(21,22)19(6)11-14-9-7-8-10-17-14/h7-10H,11H2,1-6H3. The first-order valence-electron chi connectivity index (χ1n) is 7.48. The first kappa shape index (κ1) is 17.6. The summed E-state index contributed by atoms with van der Waals surface area (Å²) in [7, 11) is -2.06. The van der Waals surface area contributed by atoms with Crippen molar-refractivity contribution in [3.05, 3.63) is 41.5 Å². The van der Waals surface area contributed by atoms with Gasteiger partial charge in [-0.15, -0.1) is 0 Å². The van der Waals surface area contributed by atoms with Crippen LogP contribution in [-0.2, 0) is 22.1 Å². The lowest BCUT2D eigenvalue weighted by Gasteiger charge is -2.22. The van der Waals surface area contributed by atoms with E-state index in [9.17, 15) is 8.42 Å². The van der Waals surface area contributed by atoms with E-state index < -0.39 is 10.0 Å². The van der Waals surface area contributed by atoms with Gasteiger partial charge in [-0.1, -0.05) is 6.07 Å². The van der Waals surface area contributed by atoms with Gasteiger partial charge in [0.2, 0.25) is 10.0 Å². The van der Waals surface area contributed by atoms with Crippen molar-refractivity contribution >= 4 is 10.0 Å². The summed E-state index contributed by atoms with van der Waals surface area (Å²) in [4.78, 5) is 4.47. The molecule has 0 bridgehead atoms. The van der Waals surface area contributed by atoms with Crippen molar-refractivity contribution in [1.82, 2.24) is 19.1 Å². The molecule has 2 heterocycles. The van der Waals surface area contributed by atoms with Crippen LogP contribution in [0.25, 0.3) is 0 Å². The van der Waals surface area contributed by atoms with Crippen molar-refractivity contribution in [3.8, 4) is 0 Å². The Balaban J connectivity index is 2.42. The molecule has 0 atom stereocenters. The summed E-state index contributed by atoms with van der Waals surface area (Å²) in [6.07, 6.45) is 1.66. The zero-order chi connectivity index (χ0) is 17.4. The van der Waals surface area contributed by atoms with Crippen molar-refractivity contribution in [2.45, 2.75) is 51.6 Å². The zero-order valence-electron chi connectivity index (χ0n) is 14.5. The number of hydrogen-bond donors (Lipinski definition) is 0. The number of aryl methyl sites for hydroxylation is 1. The molecular weight excluding hydrogens is 312 g/mol. The zero-order valence-corrected chi connectivity index (χ0v) is 15.3. The number of rotatable bonds is 4. The van der Waals surface area contributed by atoms with Crippen LogP contribution in [0.2, 0.25) is 0 Å². The van der Waals surface area contributed by atoms with Gasteiger partial charge in [0.05, 0.1) is 29.2 Å². The molecule has 6 nitrogen and oxygen atoms in total. The first-order valence-corrected chi connectivity index (χ1v) is 8.92. The van der Waals surface area contributed by atoms with Crippen LogP contribution in [0.5, 0.6) is 0 Å². The predicted molar refractivity (Wildman–Crippen MR) is 89.6 cm³/mol. The maximum Gasteiger partial charge on any atom is 0.246 e. The molecule has 0 radical (unpaired) electrons. The smallest absolute Gasteiger partial charge is 0.246 e. The molecular formula is C16H24N4O2S. The SMILES string of the molecule is Cc1nn(C(C)(C)C)c(C)c1S(=O)(=O)N(C)Cc1ccccn1. The minimum atomic E-state index is -3.63. The lowest BCUT2D eigenvalue weighted by Crippen LogP contribution is -2.28. The number of aromatic nitrogens is 3. The molecule has 0 fully saturated rings. The fourth-order valence-electron chi connectivity index (χ4n) is 2.62. The summed E-state index contributed by atoms with van der Waals surface area (Å²) in [5, 5.41) is 4.43. The topological polar surface area (TPSA) is 68.1 Å². The Morgan fingerprint density at radius 1 is 1.22 bits per heavy atom. The molecule has 7 heteroatoms. The molecule has 0 amide bonds. The summed E-state index contributed by atoms with van der Waals surface area (Å²) in [5.74, 6) is 0. The molecule has 0 saturated carbocycles. The van der Waals surface area contributed by atoms with Crippen LogP contribution in [-0.4, -0.2) is 34.5 Å². The van der Waals surface area contributed by atoms with Gasteiger partial charge >= 0.3 is 0 Å². The molecule has 0 aliphatic carbocycles. The van der Waals surface area contributed by atoms with Crippen molar-refractivity contribution < 1.29 is 8.42 Å². The Kier molecular flexibility index (Phi) is 4.64. The molecule has 0 unspecified atom stereocenters. The molecule has 23 heavy (non-hydrogen) atoms. The largest absolute Gasteiger partial charge is 0.263 e. The quantitative estimate of drug-likeness (QED) is 0.860. The van der Waals surface area contributed by atoms with Gasteiger partial charge in [0.1, 0.15) is 4.90 Å². The van der Waals surface area contributed by atoms with Gasteiger partial charge in [-0.25, -0.2) is 8.42 Å². The van der Waals surface area contributed by atoms with Gasteiger partial charge in [0.25, 0.3) is 0 Å². The van der Waals surface area contributed by atoms with E-state index in [1.165, 1.54) is 4.31 Å². The molecule has 0 aromatic carbocycles. The lowest BCUT2D eigenvalue weighted by atomic mass is 10.1. The van der Waals surface area contributed by atoms with Crippen LogP contribution in [0.3, 0.4) is 0 Å². The molecule has 2 rings (SSSR count).